The molecule has 2 fully saturated rings. The molecule has 2 saturated carbocycles. The zero-order chi connectivity index (χ0) is 13.4. The van der Waals surface area contributed by atoms with Crippen LogP contribution in [0.1, 0.15) is 50.3 Å². The normalized spacial score (nSPS) is 30.4. The van der Waals surface area contributed by atoms with Crippen LogP contribution in [0.2, 0.25) is 0 Å². The zero-order valence-electron chi connectivity index (χ0n) is 12.5. The second-order valence-electron chi connectivity index (χ2n) is 6.95. The molecule has 0 amide bonds. The summed E-state index contributed by atoms with van der Waals surface area (Å²) in [5.41, 5.74) is 3.01. The molecular formula is C18H27N. The van der Waals surface area contributed by atoms with Crippen molar-refractivity contribution in [1.82, 2.24) is 5.32 Å². The molecule has 3 rings (SSSR count). The third-order valence-corrected chi connectivity index (χ3v) is 5.12. The SMILES string of the molecule is CNC(c1cccc(CC(C)C)c1)C1C2CCCC21. The van der Waals surface area contributed by atoms with E-state index in [1.54, 1.807) is 0 Å². The molecule has 3 atom stereocenters. The molecule has 3 unspecified atom stereocenters. The van der Waals surface area contributed by atoms with Gasteiger partial charge in [0.05, 0.1) is 0 Å². The van der Waals surface area contributed by atoms with Gasteiger partial charge in [0, 0.05) is 6.04 Å². The van der Waals surface area contributed by atoms with Crippen molar-refractivity contribution in [2.24, 2.45) is 23.7 Å². The molecule has 2 aliphatic rings. The maximum atomic E-state index is 3.59. The first kappa shape index (κ1) is 13.2. The maximum Gasteiger partial charge on any atom is 0.0351 e. The van der Waals surface area contributed by atoms with Crippen LogP contribution < -0.4 is 5.32 Å². The molecule has 0 radical (unpaired) electrons. The van der Waals surface area contributed by atoms with E-state index in [0.29, 0.717) is 6.04 Å². The van der Waals surface area contributed by atoms with Crippen LogP contribution in [0.5, 0.6) is 0 Å². The summed E-state index contributed by atoms with van der Waals surface area (Å²) in [5.74, 6) is 3.69. The van der Waals surface area contributed by atoms with Gasteiger partial charge in [-0.15, -0.1) is 0 Å². The van der Waals surface area contributed by atoms with Crippen molar-refractivity contribution in [3.63, 3.8) is 0 Å². The van der Waals surface area contributed by atoms with E-state index in [1.807, 2.05) is 0 Å². The Balaban J connectivity index is 1.76. The van der Waals surface area contributed by atoms with Crippen molar-refractivity contribution in [2.45, 2.75) is 45.6 Å². The van der Waals surface area contributed by atoms with Crippen LogP contribution in [0.3, 0.4) is 0 Å². The van der Waals surface area contributed by atoms with Gasteiger partial charge in [-0.2, -0.15) is 0 Å². The largest absolute Gasteiger partial charge is 0.313 e. The van der Waals surface area contributed by atoms with Gasteiger partial charge in [0.15, 0.2) is 0 Å². The smallest absolute Gasteiger partial charge is 0.0351 e. The average molecular weight is 257 g/mol. The highest BCUT2D eigenvalue weighted by atomic mass is 14.9. The Morgan fingerprint density at radius 2 is 1.95 bits per heavy atom. The fourth-order valence-corrected chi connectivity index (χ4v) is 4.34. The third-order valence-electron chi connectivity index (χ3n) is 5.12. The number of hydrogen-bond acceptors (Lipinski definition) is 1. The fraction of sp³-hybridized carbons (Fsp3) is 0.667. The summed E-state index contributed by atoms with van der Waals surface area (Å²) >= 11 is 0. The Morgan fingerprint density at radius 3 is 2.58 bits per heavy atom. The second-order valence-corrected chi connectivity index (χ2v) is 6.95. The lowest BCUT2D eigenvalue weighted by Crippen LogP contribution is -2.20. The minimum absolute atomic E-state index is 0.586. The van der Waals surface area contributed by atoms with Crippen LogP contribution in [0, 0.1) is 23.7 Å². The molecule has 0 spiro atoms. The van der Waals surface area contributed by atoms with E-state index in [-0.39, 0.29) is 0 Å². The first-order valence-electron chi connectivity index (χ1n) is 7.97. The summed E-state index contributed by atoms with van der Waals surface area (Å²) in [4.78, 5) is 0. The van der Waals surface area contributed by atoms with E-state index >= 15 is 0 Å². The van der Waals surface area contributed by atoms with Crippen molar-refractivity contribution in [2.75, 3.05) is 7.05 Å². The molecule has 104 valence electrons. The first-order chi connectivity index (χ1) is 9.20. The Morgan fingerprint density at radius 1 is 1.21 bits per heavy atom. The minimum atomic E-state index is 0.586. The summed E-state index contributed by atoms with van der Waals surface area (Å²) in [6, 6.07) is 9.87. The highest BCUT2D eigenvalue weighted by Crippen LogP contribution is 2.62. The van der Waals surface area contributed by atoms with Crippen LogP contribution in [0.25, 0.3) is 0 Å². The van der Waals surface area contributed by atoms with Gasteiger partial charge in [-0.1, -0.05) is 44.5 Å². The molecule has 0 heterocycles. The summed E-state index contributed by atoms with van der Waals surface area (Å²) in [6.07, 6.45) is 5.61. The Labute approximate surface area is 117 Å². The molecule has 0 aromatic heterocycles. The Bertz CT molecular complexity index is 427. The maximum absolute atomic E-state index is 3.59. The topological polar surface area (TPSA) is 12.0 Å². The lowest BCUT2D eigenvalue weighted by molar-refractivity contribution is 0.444. The standard InChI is InChI=1S/C18H27N/c1-12(2)10-13-6-4-7-14(11-13)18(19-3)17-15-8-5-9-16(15)17/h4,6-7,11-12,15-19H,5,8-10H2,1-3H3. The van der Waals surface area contributed by atoms with Gasteiger partial charge in [-0.3, -0.25) is 0 Å². The molecule has 2 aliphatic carbocycles. The predicted molar refractivity (Wildman–Crippen MR) is 81.1 cm³/mol. The van der Waals surface area contributed by atoms with Crippen molar-refractivity contribution >= 4 is 0 Å². The van der Waals surface area contributed by atoms with E-state index in [2.05, 4.69) is 50.5 Å². The average Bonchev–Trinajstić information content (AvgIpc) is 2.84. The molecule has 0 aliphatic heterocycles. The van der Waals surface area contributed by atoms with E-state index < -0.39 is 0 Å². The monoisotopic (exact) mass is 257 g/mol. The van der Waals surface area contributed by atoms with Crippen LogP contribution in [0.15, 0.2) is 24.3 Å². The predicted octanol–water partition coefficient (Wildman–Crippen LogP) is 4.19. The zero-order valence-corrected chi connectivity index (χ0v) is 12.5. The lowest BCUT2D eigenvalue weighted by atomic mass is 9.93. The van der Waals surface area contributed by atoms with Crippen LogP contribution in [-0.4, -0.2) is 7.05 Å². The molecule has 1 N–H and O–H groups in total. The molecule has 0 bridgehead atoms. The summed E-state index contributed by atoms with van der Waals surface area (Å²) in [7, 11) is 2.13. The van der Waals surface area contributed by atoms with Gasteiger partial charge in [0.1, 0.15) is 0 Å². The van der Waals surface area contributed by atoms with E-state index in [0.717, 1.165) is 23.7 Å². The van der Waals surface area contributed by atoms with Crippen molar-refractivity contribution in [1.29, 1.82) is 0 Å². The number of hydrogen-bond donors (Lipinski definition) is 1. The van der Waals surface area contributed by atoms with E-state index in [1.165, 1.54) is 36.8 Å². The van der Waals surface area contributed by atoms with Gasteiger partial charge in [-0.25, -0.2) is 0 Å². The number of nitrogens with one attached hydrogen (secondary N) is 1. The quantitative estimate of drug-likeness (QED) is 0.834. The first-order valence-corrected chi connectivity index (χ1v) is 7.97. The van der Waals surface area contributed by atoms with Crippen LogP contribution in [0.4, 0.5) is 0 Å². The van der Waals surface area contributed by atoms with Gasteiger partial charge in [0.25, 0.3) is 0 Å². The summed E-state index contributed by atoms with van der Waals surface area (Å²) in [6.45, 7) is 4.60. The van der Waals surface area contributed by atoms with Crippen LogP contribution >= 0.6 is 0 Å². The lowest BCUT2D eigenvalue weighted by Gasteiger charge is -2.20. The van der Waals surface area contributed by atoms with Crippen LogP contribution in [-0.2, 0) is 6.42 Å². The van der Waals surface area contributed by atoms with E-state index in [9.17, 15) is 0 Å². The fourth-order valence-electron chi connectivity index (χ4n) is 4.34. The molecule has 1 nitrogen and oxygen atoms in total. The molecule has 0 saturated heterocycles. The van der Waals surface area contributed by atoms with Gasteiger partial charge in [-0.05, 0) is 61.1 Å². The highest BCUT2D eigenvalue weighted by Gasteiger charge is 2.55. The third kappa shape index (κ3) is 2.58. The molecule has 19 heavy (non-hydrogen) atoms. The highest BCUT2D eigenvalue weighted by molar-refractivity contribution is 5.29. The Hall–Kier alpha value is -0.820. The van der Waals surface area contributed by atoms with Crippen molar-refractivity contribution in [3.05, 3.63) is 35.4 Å². The molecule has 1 heteroatoms. The minimum Gasteiger partial charge on any atom is -0.313 e. The second kappa shape index (κ2) is 5.28. The number of benzene rings is 1. The van der Waals surface area contributed by atoms with Crippen molar-refractivity contribution in [3.8, 4) is 0 Å². The number of fused-ring (bicyclic) bond motifs is 1. The van der Waals surface area contributed by atoms with Gasteiger partial charge < -0.3 is 5.32 Å². The number of rotatable bonds is 5. The summed E-state index contributed by atoms with van der Waals surface area (Å²) in [5, 5.41) is 3.59. The van der Waals surface area contributed by atoms with E-state index in [4.69, 9.17) is 0 Å². The van der Waals surface area contributed by atoms with Gasteiger partial charge >= 0.3 is 0 Å². The Kier molecular flexibility index (Phi) is 3.66. The van der Waals surface area contributed by atoms with Crippen molar-refractivity contribution < 1.29 is 0 Å². The molecule has 1 aromatic rings. The molecule has 1 aromatic carbocycles. The summed E-state index contributed by atoms with van der Waals surface area (Å²) < 4.78 is 0. The molecular weight excluding hydrogens is 230 g/mol. The van der Waals surface area contributed by atoms with Gasteiger partial charge in [0.2, 0.25) is 0 Å².